The van der Waals surface area contributed by atoms with Gasteiger partial charge in [-0.15, -0.1) is 0 Å². The maximum Gasteiger partial charge on any atom is 0.353 e. The van der Waals surface area contributed by atoms with Crippen molar-refractivity contribution in [3.05, 3.63) is 81.4 Å². The smallest absolute Gasteiger partial charge is 0.353 e. The number of carboxylic acid groups (broad SMARTS) is 1. The van der Waals surface area contributed by atoms with Crippen LogP contribution in [-0.4, -0.2) is 36.0 Å². The zero-order valence-corrected chi connectivity index (χ0v) is 16.1. The summed E-state index contributed by atoms with van der Waals surface area (Å²) in [5, 5.41) is 21.8. The Kier molecular flexibility index (Phi) is 4.14. The number of H-pyrrole nitrogens is 2. The van der Waals surface area contributed by atoms with Crippen molar-refractivity contribution < 1.29 is 9.90 Å². The Morgan fingerprint density at radius 1 is 1.10 bits per heavy atom. The first kappa shape index (κ1) is 18.1. The Bertz CT molecular complexity index is 1500. The first-order chi connectivity index (χ1) is 14.5. The average molecular weight is 420 g/mol. The van der Waals surface area contributed by atoms with Crippen LogP contribution in [0.5, 0.6) is 0 Å². The minimum Gasteiger partial charge on any atom is -0.477 e. The van der Waals surface area contributed by atoms with Crippen LogP contribution in [0.2, 0.25) is 5.02 Å². The standard InChI is InChI=1S/C21H14ClN5O3/c22-12-4-6-17-14(9-12)18(13-2-1-7-23-20(13)28)19(21(29)30)27(17)10-11-3-5-15-16(8-11)25-26-24-15/h1-9H,10H2,(H,23,28)(H,29,30)(H,24,25,26). The summed E-state index contributed by atoms with van der Waals surface area (Å²) in [6.07, 6.45) is 1.51. The summed E-state index contributed by atoms with van der Waals surface area (Å²) in [6.45, 7) is 0.271. The van der Waals surface area contributed by atoms with E-state index in [0.29, 0.717) is 27.0 Å². The third-order valence-electron chi connectivity index (χ3n) is 5.04. The topological polar surface area (TPSA) is 117 Å². The molecule has 0 aliphatic rings. The highest BCUT2D eigenvalue weighted by molar-refractivity contribution is 6.31. The molecule has 9 heteroatoms. The van der Waals surface area contributed by atoms with Gasteiger partial charge in [0.25, 0.3) is 5.56 Å². The van der Waals surface area contributed by atoms with Crippen LogP contribution in [0, 0.1) is 0 Å². The molecule has 30 heavy (non-hydrogen) atoms. The molecule has 8 nitrogen and oxygen atoms in total. The normalized spacial score (nSPS) is 11.4. The molecule has 0 unspecified atom stereocenters. The van der Waals surface area contributed by atoms with Gasteiger partial charge in [-0.3, -0.25) is 4.79 Å². The molecule has 0 amide bonds. The van der Waals surface area contributed by atoms with Crippen LogP contribution in [-0.2, 0) is 6.54 Å². The SMILES string of the molecule is O=C(O)c1c(-c2ccc[nH]c2=O)c2cc(Cl)ccc2n1Cc1ccc2n[nH]nc2c1. The van der Waals surface area contributed by atoms with Crippen molar-refractivity contribution in [3.8, 4) is 11.1 Å². The van der Waals surface area contributed by atoms with Crippen LogP contribution in [0.1, 0.15) is 16.1 Å². The van der Waals surface area contributed by atoms with Gasteiger partial charge in [0.2, 0.25) is 0 Å². The van der Waals surface area contributed by atoms with Gasteiger partial charge in [-0.25, -0.2) is 4.79 Å². The molecule has 0 saturated carbocycles. The second-order valence-electron chi connectivity index (χ2n) is 6.84. The molecule has 0 atom stereocenters. The highest BCUT2D eigenvalue weighted by Crippen LogP contribution is 2.35. The van der Waals surface area contributed by atoms with Gasteiger partial charge in [-0.1, -0.05) is 17.7 Å². The summed E-state index contributed by atoms with van der Waals surface area (Å²) in [4.78, 5) is 27.5. The number of aromatic nitrogens is 5. The Hall–Kier alpha value is -3.91. The summed E-state index contributed by atoms with van der Waals surface area (Å²) in [6, 6.07) is 13.9. The Labute approximate surface area is 173 Å². The lowest BCUT2D eigenvalue weighted by molar-refractivity contribution is 0.0687. The molecule has 0 bridgehead atoms. The fourth-order valence-corrected chi connectivity index (χ4v) is 3.94. The number of hydrogen-bond donors (Lipinski definition) is 3. The predicted octanol–water partition coefficient (Wildman–Crippen LogP) is 3.67. The molecule has 148 valence electrons. The number of carboxylic acids is 1. The van der Waals surface area contributed by atoms with Crippen LogP contribution >= 0.6 is 11.6 Å². The minimum absolute atomic E-state index is 0.0178. The predicted molar refractivity (Wildman–Crippen MR) is 113 cm³/mol. The van der Waals surface area contributed by atoms with Crippen molar-refractivity contribution in [2.75, 3.05) is 0 Å². The van der Waals surface area contributed by atoms with E-state index in [0.717, 1.165) is 11.1 Å². The molecule has 5 rings (SSSR count). The molecule has 0 fully saturated rings. The lowest BCUT2D eigenvalue weighted by Gasteiger charge is -2.09. The van der Waals surface area contributed by atoms with E-state index in [1.54, 1.807) is 34.9 Å². The van der Waals surface area contributed by atoms with Crippen LogP contribution in [0.25, 0.3) is 33.1 Å². The first-order valence-corrected chi connectivity index (χ1v) is 9.43. The maximum absolute atomic E-state index is 12.5. The quantitative estimate of drug-likeness (QED) is 0.411. The van der Waals surface area contributed by atoms with Gasteiger partial charge >= 0.3 is 5.97 Å². The second kappa shape index (κ2) is 6.85. The molecule has 3 N–H and O–H groups in total. The van der Waals surface area contributed by atoms with Crippen molar-refractivity contribution in [1.29, 1.82) is 0 Å². The number of nitrogens with zero attached hydrogens (tertiary/aromatic N) is 3. The summed E-state index contributed by atoms with van der Waals surface area (Å²) < 4.78 is 1.68. The molecule has 0 saturated heterocycles. The highest BCUT2D eigenvalue weighted by atomic mass is 35.5. The number of carbonyl (C=O) groups is 1. The fourth-order valence-electron chi connectivity index (χ4n) is 3.77. The summed E-state index contributed by atoms with van der Waals surface area (Å²) in [7, 11) is 0. The third kappa shape index (κ3) is 2.85. The summed E-state index contributed by atoms with van der Waals surface area (Å²) >= 11 is 6.21. The van der Waals surface area contributed by atoms with Gasteiger partial charge in [0.1, 0.15) is 16.7 Å². The minimum atomic E-state index is -1.14. The van der Waals surface area contributed by atoms with Gasteiger partial charge in [0, 0.05) is 39.8 Å². The molecular formula is C21H14ClN5O3. The molecule has 3 heterocycles. The van der Waals surface area contributed by atoms with Gasteiger partial charge < -0.3 is 14.7 Å². The number of benzene rings is 2. The number of aromatic amines is 2. The third-order valence-corrected chi connectivity index (χ3v) is 5.27. The number of fused-ring (bicyclic) bond motifs is 2. The molecule has 0 aliphatic carbocycles. The second-order valence-corrected chi connectivity index (χ2v) is 7.27. The number of pyridine rings is 1. The largest absolute Gasteiger partial charge is 0.477 e. The van der Waals surface area contributed by atoms with E-state index >= 15 is 0 Å². The van der Waals surface area contributed by atoms with Gasteiger partial charge in [-0.05, 0) is 48.0 Å². The Balaban J connectivity index is 1.81. The molecule has 3 aromatic heterocycles. The van der Waals surface area contributed by atoms with Gasteiger partial charge in [0.05, 0.1) is 0 Å². The Morgan fingerprint density at radius 2 is 1.93 bits per heavy atom. The van der Waals surface area contributed by atoms with Crippen molar-refractivity contribution in [1.82, 2.24) is 25.0 Å². The number of rotatable bonds is 4. The molecule has 2 aromatic carbocycles. The van der Waals surface area contributed by atoms with Crippen LogP contribution in [0.4, 0.5) is 0 Å². The van der Waals surface area contributed by atoms with Crippen molar-refractivity contribution in [2.24, 2.45) is 0 Å². The van der Waals surface area contributed by atoms with Gasteiger partial charge in [0.15, 0.2) is 0 Å². The van der Waals surface area contributed by atoms with Crippen LogP contribution in [0.15, 0.2) is 59.5 Å². The molecule has 0 radical (unpaired) electrons. The van der Waals surface area contributed by atoms with E-state index in [1.807, 2.05) is 18.2 Å². The highest BCUT2D eigenvalue weighted by Gasteiger charge is 2.25. The number of halogens is 1. The van der Waals surface area contributed by atoms with E-state index in [9.17, 15) is 14.7 Å². The number of aromatic carboxylic acids is 1. The van der Waals surface area contributed by atoms with E-state index in [-0.39, 0.29) is 23.4 Å². The zero-order chi connectivity index (χ0) is 20.8. The van der Waals surface area contributed by atoms with Crippen molar-refractivity contribution in [2.45, 2.75) is 6.54 Å². The molecule has 0 aliphatic heterocycles. The number of nitrogens with one attached hydrogen (secondary N) is 2. The maximum atomic E-state index is 12.5. The van der Waals surface area contributed by atoms with E-state index < -0.39 is 5.97 Å². The van der Waals surface area contributed by atoms with Crippen LogP contribution < -0.4 is 5.56 Å². The molecule has 0 spiro atoms. The fraction of sp³-hybridized carbons (Fsp3) is 0.0476. The first-order valence-electron chi connectivity index (χ1n) is 9.05. The average Bonchev–Trinajstić information content (AvgIpc) is 3.30. The van der Waals surface area contributed by atoms with Gasteiger partial charge in [-0.2, -0.15) is 15.4 Å². The molecule has 5 aromatic rings. The van der Waals surface area contributed by atoms with E-state index in [1.165, 1.54) is 6.20 Å². The van der Waals surface area contributed by atoms with Crippen molar-refractivity contribution >= 4 is 39.5 Å². The lowest BCUT2D eigenvalue weighted by Crippen LogP contribution is -2.13. The lowest BCUT2D eigenvalue weighted by atomic mass is 10.0. The molecular weight excluding hydrogens is 406 g/mol. The zero-order valence-electron chi connectivity index (χ0n) is 15.4. The Morgan fingerprint density at radius 3 is 2.73 bits per heavy atom. The van der Waals surface area contributed by atoms with E-state index in [2.05, 4.69) is 20.4 Å². The monoisotopic (exact) mass is 419 g/mol. The number of hydrogen-bond acceptors (Lipinski definition) is 4. The van der Waals surface area contributed by atoms with Crippen LogP contribution in [0.3, 0.4) is 0 Å². The summed E-state index contributed by atoms with van der Waals surface area (Å²) in [5.74, 6) is -1.14. The summed E-state index contributed by atoms with van der Waals surface area (Å²) in [5.41, 5.74) is 3.17. The van der Waals surface area contributed by atoms with E-state index in [4.69, 9.17) is 11.6 Å². The van der Waals surface area contributed by atoms with Crippen molar-refractivity contribution in [3.63, 3.8) is 0 Å².